The Morgan fingerprint density at radius 2 is 1.54 bits per heavy atom. The number of fused-ring (bicyclic) bond motifs is 1. The molecule has 2 heterocycles. The van der Waals surface area contributed by atoms with Gasteiger partial charge in [0.05, 0.1) is 28.5 Å². The fourth-order valence-electron chi connectivity index (χ4n) is 3.94. The number of carbonyl (C=O) groups excluding carboxylic acids is 3. The molecule has 0 N–H and O–H groups in total. The highest BCUT2D eigenvalue weighted by atomic mass is 32.1. The summed E-state index contributed by atoms with van der Waals surface area (Å²) in [4.78, 5) is 54.0. The van der Waals surface area contributed by atoms with Crippen molar-refractivity contribution in [1.29, 1.82) is 0 Å². The topological polar surface area (TPSA) is 113 Å². The Bertz CT molecular complexity index is 1580. The molecule has 3 aromatic rings. The highest BCUT2D eigenvalue weighted by Gasteiger charge is 2.33. The van der Waals surface area contributed by atoms with E-state index in [4.69, 9.17) is 14.2 Å². The number of nitrogens with zero attached hydrogens (tertiary/aromatic N) is 2. The third-order valence-electron chi connectivity index (χ3n) is 5.41. The van der Waals surface area contributed by atoms with Crippen LogP contribution in [0.2, 0.25) is 0 Å². The molecule has 4 rings (SSSR count). The summed E-state index contributed by atoms with van der Waals surface area (Å²) >= 11 is 1.20. The van der Waals surface area contributed by atoms with Crippen LogP contribution >= 0.6 is 11.3 Å². The van der Waals surface area contributed by atoms with E-state index in [2.05, 4.69) is 4.99 Å². The number of allylic oxidation sites excluding steroid dienone is 1. The van der Waals surface area contributed by atoms with Crippen molar-refractivity contribution in [2.75, 3.05) is 6.61 Å². The molecule has 0 aliphatic carbocycles. The molecule has 1 aromatic heterocycles. The lowest BCUT2D eigenvalue weighted by atomic mass is 9.96. The monoisotopic (exact) mass is 520 g/mol. The molecule has 0 spiro atoms. The Morgan fingerprint density at radius 3 is 2.08 bits per heavy atom. The second-order valence-electron chi connectivity index (χ2n) is 8.13. The molecule has 37 heavy (non-hydrogen) atoms. The molecule has 10 heteroatoms. The Morgan fingerprint density at radius 1 is 0.973 bits per heavy atom. The number of hydrogen-bond acceptors (Lipinski definition) is 9. The lowest BCUT2D eigenvalue weighted by Gasteiger charge is -2.24. The van der Waals surface area contributed by atoms with Gasteiger partial charge in [-0.3, -0.25) is 19.0 Å². The van der Waals surface area contributed by atoms with Crippen LogP contribution < -0.4 is 24.4 Å². The zero-order chi connectivity index (χ0) is 26.7. The first-order valence-corrected chi connectivity index (χ1v) is 12.3. The molecule has 0 radical (unpaired) electrons. The summed E-state index contributed by atoms with van der Waals surface area (Å²) in [5.41, 5.74) is 1.74. The van der Waals surface area contributed by atoms with Crippen molar-refractivity contribution in [2.24, 2.45) is 4.99 Å². The number of rotatable bonds is 6. The second kappa shape index (κ2) is 10.8. The fraction of sp³-hybridized carbons (Fsp3) is 0.222. The van der Waals surface area contributed by atoms with E-state index in [-0.39, 0.29) is 17.7 Å². The molecule has 9 nitrogen and oxygen atoms in total. The zero-order valence-electron chi connectivity index (χ0n) is 20.6. The Balaban J connectivity index is 1.83. The molecule has 0 saturated heterocycles. The van der Waals surface area contributed by atoms with E-state index in [9.17, 15) is 19.2 Å². The summed E-state index contributed by atoms with van der Waals surface area (Å²) in [6, 6.07) is 12.6. The summed E-state index contributed by atoms with van der Waals surface area (Å²) in [5, 5.41) is 0. The van der Waals surface area contributed by atoms with E-state index in [0.29, 0.717) is 32.1 Å². The SMILES string of the molecule is CCOC(=O)C1=C(C)N=c2s/c(=C/c3ccc(OC(C)=O)cc3)c(=O)n2[C@H]1c1ccc(OC(C)=O)cc1. The molecule has 0 fully saturated rings. The van der Waals surface area contributed by atoms with Crippen LogP contribution in [0.5, 0.6) is 11.5 Å². The Labute approximate surface area is 215 Å². The predicted octanol–water partition coefficient (Wildman–Crippen LogP) is 2.65. The van der Waals surface area contributed by atoms with E-state index < -0.39 is 23.9 Å². The third-order valence-corrected chi connectivity index (χ3v) is 6.40. The summed E-state index contributed by atoms with van der Waals surface area (Å²) in [6.07, 6.45) is 1.71. The van der Waals surface area contributed by atoms with Crippen LogP contribution in [0, 0.1) is 0 Å². The van der Waals surface area contributed by atoms with Gasteiger partial charge < -0.3 is 14.2 Å². The first kappa shape index (κ1) is 25.8. The van der Waals surface area contributed by atoms with Crippen molar-refractivity contribution in [2.45, 2.75) is 33.7 Å². The van der Waals surface area contributed by atoms with Gasteiger partial charge in [0.1, 0.15) is 11.5 Å². The van der Waals surface area contributed by atoms with Crippen LogP contribution in [0.15, 0.2) is 69.6 Å². The summed E-state index contributed by atoms with van der Waals surface area (Å²) < 4.78 is 17.4. The zero-order valence-corrected chi connectivity index (χ0v) is 21.5. The molecule has 0 unspecified atom stereocenters. The minimum absolute atomic E-state index is 0.168. The van der Waals surface area contributed by atoms with E-state index in [0.717, 1.165) is 5.56 Å². The highest BCUT2D eigenvalue weighted by Crippen LogP contribution is 2.31. The number of thiazole rings is 1. The summed E-state index contributed by atoms with van der Waals surface area (Å²) in [7, 11) is 0. The van der Waals surface area contributed by atoms with Crippen molar-refractivity contribution in [3.63, 3.8) is 0 Å². The number of carbonyl (C=O) groups is 3. The van der Waals surface area contributed by atoms with Gasteiger partial charge in [0.25, 0.3) is 5.56 Å². The average Bonchev–Trinajstić information content (AvgIpc) is 3.13. The van der Waals surface area contributed by atoms with Gasteiger partial charge in [-0.2, -0.15) is 0 Å². The van der Waals surface area contributed by atoms with Crippen molar-refractivity contribution in [1.82, 2.24) is 4.57 Å². The predicted molar refractivity (Wildman–Crippen MR) is 136 cm³/mol. The van der Waals surface area contributed by atoms with Crippen LogP contribution in [-0.2, 0) is 19.1 Å². The van der Waals surface area contributed by atoms with Crippen LogP contribution in [-0.4, -0.2) is 29.1 Å². The average molecular weight is 521 g/mol. The Kier molecular flexibility index (Phi) is 7.49. The number of benzene rings is 2. The molecule has 0 bridgehead atoms. The van der Waals surface area contributed by atoms with Crippen LogP contribution in [0.25, 0.3) is 6.08 Å². The molecule has 1 atom stereocenters. The molecular weight excluding hydrogens is 496 g/mol. The van der Waals surface area contributed by atoms with Gasteiger partial charge >= 0.3 is 17.9 Å². The first-order valence-electron chi connectivity index (χ1n) is 11.4. The van der Waals surface area contributed by atoms with Crippen molar-refractivity contribution >= 4 is 35.3 Å². The van der Waals surface area contributed by atoms with Crippen LogP contribution in [0.4, 0.5) is 0 Å². The van der Waals surface area contributed by atoms with Gasteiger partial charge in [0.2, 0.25) is 0 Å². The van der Waals surface area contributed by atoms with Gasteiger partial charge in [0.15, 0.2) is 4.80 Å². The molecule has 0 saturated carbocycles. The highest BCUT2D eigenvalue weighted by molar-refractivity contribution is 7.07. The van der Waals surface area contributed by atoms with Crippen LogP contribution in [0.3, 0.4) is 0 Å². The minimum Gasteiger partial charge on any atom is -0.463 e. The van der Waals surface area contributed by atoms with Crippen LogP contribution in [0.1, 0.15) is 44.9 Å². The van der Waals surface area contributed by atoms with Gasteiger partial charge in [-0.15, -0.1) is 0 Å². The second-order valence-corrected chi connectivity index (χ2v) is 9.14. The van der Waals surface area contributed by atoms with E-state index in [1.165, 1.54) is 29.8 Å². The maximum absolute atomic E-state index is 13.6. The molecule has 1 aliphatic heterocycles. The van der Waals surface area contributed by atoms with Crippen molar-refractivity contribution < 1.29 is 28.6 Å². The lowest BCUT2D eigenvalue weighted by Crippen LogP contribution is -2.39. The number of aromatic nitrogens is 1. The van der Waals surface area contributed by atoms with Crippen molar-refractivity contribution in [3.05, 3.63) is 90.6 Å². The van der Waals surface area contributed by atoms with Gasteiger partial charge in [0, 0.05) is 13.8 Å². The van der Waals surface area contributed by atoms with E-state index in [1.807, 2.05) is 0 Å². The van der Waals surface area contributed by atoms with Gasteiger partial charge in [-0.05, 0) is 55.3 Å². The molecular formula is C27H24N2O7S. The molecule has 190 valence electrons. The molecule has 2 aromatic carbocycles. The lowest BCUT2D eigenvalue weighted by molar-refractivity contribution is -0.139. The maximum atomic E-state index is 13.6. The smallest absolute Gasteiger partial charge is 0.338 e. The first-order chi connectivity index (χ1) is 17.7. The quantitative estimate of drug-likeness (QED) is 0.363. The van der Waals surface area contributed by atoms with E-state index >= 15 is 0 Å². The van der Waals surface area contributed by atoms with Crippen molar-refractivity contribution in [3.8, 4) is 11.5 Å². The van der Waals surface area contributed by atoms with E-state index in [1.54, 1.807) is 68.5 Å². The molecule has 1 aliphatic rings. The minimum atomic E-state index is -0.782. The van der Waals surface area contributed by atoms with Gasteiger partial charge in [-0.25, -0.2) is 9.79 Å². The normalized spacial score (nSPS) is 15.0. The largest absolute Gasteiger partial charge is 0.463 e. The molecule has 0 amide bonds. The maximum Gasteiger partial charge on any atom is 0.338 e. The Hall–Kier alpha value is -4.31. The fourth-order valence-corrected chi connectivity index (χ4v) is 4.99. The summed E-state index contributed by atoms with van der Waals surface area (Å²) in [5.74, 6) is -0.690. The summed E-state index contributed by atoms with van der Waals surface area (Å²) in [6.45, 7) is 6.21. The number of ether oxygens (including phenoxy) is 3. The standard InChI is InChI=1S/C27H24N2O7S/c1-5-34-26(33)23-15(2)28-27-29(24(23)19-8-12-21(13-9-19)36-17(4)31)25(32)22(37-27)14-18-6-10-20(11-7-18)35-16(3)30/h6-14,24H,5H2,1-4H3/b22-14+/t24-/m0/s1. The number of hydrogen-bond donors (Lipinski definition) is 0. The van der Waals surface area contributed by atoms with Gasteiger partial charge in [-0.1, -0.05) is 35.6 Å². The number of esters is 3. The third kappa shape index (κ3) is 5.59.